The third-order valence-electron chi connectivity index (χ3n) is 4.28. The molecule has 0 spiro atoms. The highest BCUT2D eigenvalue weighted by Gasteiger charge is 2.25. The number of benzene rings is 1. The van der Waals surface area contributed by atoms with Crippen LogP contribution in [0.3, 0.4) is 0 Å². The molecule has 1 saturated heterocycles. The summed E-state index contributed by atoms with van der Waals surface area (Å²) in [7, 11) is 1.30. The third kappa shape index (κ3) is 6.53. The van der Waals surface area contributed by atoms with Gasteiger partial charge in [0, 0.05) is 44.8 Å². The first-order valence-electron chi connectivity index (χ1n) is 9.36. The Balaban J connectivity index is 1.74. The van der Waals surface area contributed by atoms with Crippen molar-refractivity contribution in [3.63, 3.8) is 0 Å². The average Bonchev–Trinajstić information content (AvgIpc) is 2.66. The zero-order chi connectivity index (χ0) is 20.7. The van der Waals surface area contributed by atoms with E-state index in [1.807, 2.05) is 20.8 Å². The third-order valence-corrected chi connectivity index (χ3v) is 4.28. The van der Waals surface area contributed by atoms with E-state index in [1.165, 1.54) is 13.2 Å². The van der Waals surface area contributed by atoms with Gasteiger partial charge in [-0.25, -0.2) is 9.59 Å². The van der Waals surface area contributed by atoms with E-state index in [9.17, 15) is 14.4 Å². The lowest BCUT2D eigenvalue weighted by Crippen LogP contribution is -2.51. The molecule has 0 aliphatic carbocycles. The number of methoxy groups -OCH3 is 1. The molecule has 8 nitrogen and oxygen atoms in total. The van der Waals surface area contributed by atoms with Crippen LogP contribution in [0.5, 0.6) is 0 Å². The summed E-state index contributed by atoms with van der Waals surface area (Å²) in [6, 6.07) is 6.42. The first kappa shape index (κ1) is 21.7. The SMILES string of the molecule is COC(=O)c1cccc(C(=O)NCCN2CCN(C(=O)OC(C)(C)C)CC2)c1. The maximum atomic E-state index is 12.3. The van der Waals surface area contributed by atoms with Crippen molar-refractivity contribution in [2.24, 2.45) is 0 Å². The Morgan fingerprint density at radius 1 is 1.07 bits per heavy atom. The zero-order valence-electron chi connectivity index (χ0n) is 17.0. The molecule has 2 amide bonds. The van der Waals surface area contributed by atoms with Gasteiger partial charge in [0.05, 0.1) is 12.7 Å². The molecule has 1 aromatic carbocycles. The fourth-order valence-corrected chi connectivity index (χ4v) is 2.82. The van der Waals surface area contributed by atoms with E-state index in [4.69, 9.17) is 4.74 Å². The number of rotatable bonds is 5. The van der Waals surface area contributed by atoms with E-state index in [2.05, 4.69) is 15.0 Å². The molecular formula is C20H29N3O5. The minimum atomic E-state index is -0.496. The molecule has 0 bridgehead atoms. The van der Waals surface area contributed by atoms with Crippen molar-refractivity contribution < 1.29 is 23.9 Å². The Labute approximate surface area is 165 Å². The van der Waals surface area contributed by atoms with Crippen molar-refractivity contribution in [1.82, 2.24) is 15.1 Å². The number of hydrogen-bond donors (Lipinski definition) is 1. The number of ether oxygens (including phenoxy) is 2. The lowest BCUT2D eigenvalue weighted by Gasteiger charge is -2.35. The fourth-order valence-electron chi connectivity index (χ4n) is 2.82. The van der Waals surface area contributed by atoms with Gasteiger partial charge in [0.15, 0.2) is 0 Å². The van der Waals surface area contributed by atoms with Crippen LogP contribution in [-0.2, 0) is 9.47 Å². The number of carbonyl (C=O) groups is 3. The molecule has 154 valence electrons. The van der Waals surface area contributed by atoms with Gasteiger partial charge in [-0.05, 0) is 39.0 Å². The molecular weight excluding hydrogens is 362 g/mol. The van der Waals surface area contributed by atoms with Crippen LogP contribution in [0.25, 0.3) is 0 Å². The minimum Gasteiger partial charge on any atom is -0.465 e. The van der Waals surface area contributed by atoms with Gasteiger partial charge in [-0.15, -0.1) is 0 Å². The second-order valence-corrected chi connectivity index (χ2v) is 7.64. The Hall–Kier alpha value is -2.61. The van der Waals surface area contributed by atoms with Gasteiger partial charge in [0.25, 0.3) is 5.91 Å². The first-order chi connectivity index (χ1) is 13.2. The number of nitrogens with zero attached hydrogens (tertiary/aromatic N) is 2. The van der Waals surface area contributed by atoms with Gasteiger partial charge in [-0.3, -0.25) is 9.69 Å². The smallest absolute Gasteiger partial charge is 0.410 e. The fraction of sp³-hybridized carbons (Fsp3) is 0.550. The lowest BCUT2D eigenvalue weighted by molar-refractivity contribution is 0.0146. The van der Waals surface area contributed by atoms with Gasteiger partial charge < -0.3 is 19.7 Å². The zero-order valence-corrected chi connectivity index (χ0v) is 17.0. The molecule has 0 saturated carbocycles. The van der Waals surface area contributed by atoms with E-state index in [-0.39, 0.29) is 12.0 Å². The molecule has 1 aliphatic rings. The Morgan fingerprint density at radius 2 is 1.71 bits per heavy atom. The van der Waals surface area contributed by atoms with Gasteiger partial charge in [0.1, 0.15) is 5.60 Å². The molecule has 0 unspecified atom stereocenters. The molecule has 28 heavy (non-hydrogen) atoms. The van der Waals surface area contributed by atoms with Crippen molar-refractivity contribution >= 4 is 18.0 Å². The molecule has 1 fully saturated rings. The monoisotopic (exact) mass is 391 g/mol. The minimum absolute atomic E-state index is 0.238. The van der Waals surface area contributed by atoms with Crippen LogP contribution < -0.4 is 5.32 Å². The number of carbonyl (C=O) groups excluding carboxylic acids is 3. The van der Waals surface area contributed by atoms with Crippen molar-refractivity contribution in [1.29, 1.82) is 0 Å². The summed E-state index contributed by atoms with van der Waals surface area (Å²) in [4.78, 5) is 39.8. The summed E-state index contributed by atoms with van der Waals surface area (Å²) in [5.74, 6) is -0.712. The van der Waals surface area contributed by atoms with Crippen molar-refractivity contribution in [2.75, 3.05) is 46.4 Å². The highest BCUT2D eigenvalue weighted by molar-refractivity contribution is 5.97. The molecule has 0 radical (unpaired) electrons. The summed E-state index contributed by atoms with van der Waals surface area (Å²) in [5.41, 5.74) is 0.259. The molecule has 1 aromatic rings. The van der Waals surface area contributed by atoms with Crippen LogP contribution in [0.1, 0.15) is 41.5 Å². The van der Waals surface area contributed by atoms with Gasteiger partial charge in [-0.1, -0.05) is 6.07 Å². The molecule has 1 N–H and O–H groups in total. The van der Waals surface area contributed by atoms with E-state index in [1.54, 1.807) is 23.1 Å². The van der Waals surface area contributed by atoms with Crippen LogP contribution >= 0.6 is 0 Å². The molecule has 0 atom stereocenters. The maximum absolute atomic E-state index is 12.3. The van der Waals surface area contributed by atoms with Crippen LogP contribution in [0.15, 0.2) is 24.3 Å². The predicted molar refractivity (Wildman–Crippen MR) is 104 cm³/mol. The summed E-state index contributed by atoms with van der Waals surface area (Å²) < 4.78 is 10.1. The van der Waals surface area contributed by atoms with E-state index >= 15 is 0 Å². The van der Waals surface area contributed by atoms with Crippen molar-refractivity contribution in [3.8, 4) is 0 Å². The lowest BCUT2D eigenvalue weighted by atomic mass is 10.1. The van der Waals surface area contributed by atoms with Gasteiger partial charge in [0.2, 0.25) is 0 Å². The van der Waals surface area contributed by atoms with Crippen molar-refractivity contribution in [2.45, 2.75) is 26.4 Å². The summed E-state index contributed by atoms with van der Waals surface area (Å²) in [6.45, 7) is 9.38. The van der Waals surface area contributed by atoms with Gasteiger partial charge >= 0.3 is 12.1 Å². The highest BCUT2D eigenvalue weighted by Crippen LogP contribution is 2.12. The summed E-state index contributed by atoms with van der Waals surface area (Å²) in [5, 5.41) is 2.86. The number of hydrogen-bond acceptors (Lipinski definition) is 6. The largest absolute Gasteiger partial charge is 0.465 e. The van der Waals surface area contributed by atoms with Gasteiger partial charge in [-0.2, -0.15) is 0 Å². The molecule has 0 aromatic heterocycles. The second-order valence-electron chi connectivity index (χ2n) is 7.64. The Bertz CT molecular complexity index is 706. The maximum Gasteiger partial charge on any atom is 0.410 e. The van der Waals surface area contributed by atoms with E-state index in [0.717, 1.165) is 13.1 Å². The van der Waals surface area contributed by atoms with E-state index in [0.29, 0.717) is 37.3 Å². The highest BCUT2D eigenvalue weighted by atomic mass is 16.6. The van der Waals surface area contributed by atoms with Crippen LogP contribution in [-0.4, -0.2) is 79.7 Å². The van der Waals surface area contributed by atoms with Crippen LogP contribution in [0, 0.1) is 0 Å². The molecule has 2 rings (SSSR count). The molecule has 8 heteroatoms. The first-order valence-corrected chi connectivity index (χ1v) is 9.36. The van der Waals surface area contributed by atoms with Crippen LogP contribution in [0.4, 0.5) is 4.79 Å². The quantitative estimate of drug-likeness (QED) is 0.770. The van der Waals surface area contributed by atoms with Crippen molar-refractivity contribution in [3.05, 3.63) is 35.4 Å². The second kappa shape index (κ2) is 9.54. The van der Waals surface area contributed by atoms with Crippen LogP contribution in [0.2, 0.25) is 0 Å². The average molecular weight is 391 g/mol. The topological polar surface area (TPSA) is 88.2 Å². The predicted octanol–water partition coefficient (Wildman–Crippen LogP) is 1.76. The van der Waals surface area contributed by atoms with E-state index < -0.39 is 11.6 Å². The molecule has 1 heterocycles. The number of esters is 1. The normalized spacial score (nSPS) is 15.1. The Morgan fingerprint density at radius 3 is 2.32 bits per heavy atom. The number of piperazine rings is 1. The summed E-state index contributed by atoms with van der Waals surface area (Å²) in [6.07, 6.45) is -0.286. The standard InChI is InChI=1S/C20H29N3O5/c1-20(2,3)28-19(26)23-12-10-22(11-13-23)9-8-21-17(24)15-6-5-7-16(14-15)18(25)27-4/h5-7,14H,8-13H2,1-4H3,(H,21,24). The Kier molecular flexibility index (Phi) is 7.39. The number of amides is 2. The number of nitrogens with one attached hydrogen (secondary N) is 1. The summed E-state index contributed by atoms with van der Waals surface area (Å²) >= 11 is 0. The molecule has 1 aliphatic heterocycles.